The van der Waals surface area contributed by atoms with E-state index in [1.807, 2.05) is 6.07 Å². The smallest absolute Gasteiger partial charge is 0.306 e. The number of unbranched alkanes of at least 4 members (excludes halogenated alkanes) is 6. The topological polar surface area (TPSA) is 81.7 Å². The van der Waals surface area contributed by atoms with Crippen molar-refractivity contribution >= 4 is 47.6 Å². The number of esters is 1. The molecule has 2 atom stereocenters. The maximum absolute atomic E-state index is 14.1. The molecule has 68 heavy (non-hydrogen) atoms. The number of hydrogen-bond donors (Lipinski definition) is 0. The largest absolute Gasteiger partial charge is 0.543 e. The zero-order chi connectivity index (χ0) is 52.5. The van der Waals surface area contributed by atoms with Crippen molar-refractivity contribution in [2.45, 2.75) is 271 Å². The SMILES string of the molecule is CCCCCCCCCC(=O)O[C@@H]1Cc2c(cc(O[Si](C)(C)C(C)(C)C)cc2O[Si](C)(C)C(C)(C)C)O[C@@H]1c1cc(O[Si](C)(C)C(C)(C)C)c(O[Si](C)(C)C(C)(C)C)c(O[Si](C)(C)C(C)(C)C)c1. The van der Waals surface area contributed by atoms with Gasteiger partial charge in [-0.25, -0.2) is 0 Å². The van der Waals surface area contributed by atoms with Gasteiger partial charge in [0.15, 0.2) is 11.9 Å². The Morgan fingerprint density at radius 3 is 1.32 bits per heavy atom. The van der Waals surface area contributed by atoms with E-state index in [0.29, 0.717) is 35.8 Å². The van der Waals surface area contributed by atoms with Crippen LogP contribution in [0, 0.1) is 0 Å². The highest BCUT2D eigenvalue weighted by Gasteiger charge is 2.48. The van der Waals surface area contributed by atoms with Gasteiger partial charge in [-0.15, -0.1) is 0 Å². The number of carbonyl (C=O) groups excluding carboxylic acids is 1. The van der Waals surface area contributed by atoms with Crippen LogP contribution in [0.25, 0.3) is 0 Å². The van der Waals surface area contributed by atoms with Crippen LogP contribution in [-0.2, 0) is 16.0 Å². The van der Waals surface area contributed by atoms with E-state index >= 15 is 0 Å². The molecule has 2 aromatic carbocycles. The van der Waals surface area contributed by atoms with E-state index in [4.69, 9.17) is 31.6 Å². The first-order chi connectivity index (χ1) is 30.5. The number of fused-ring (bicyclic) bond motifs is 1. The lowest BCUT2D eigenvalue weighted by Gasteiger charge is -2.42. The second-order valence-corrected chi connectivity index (χ2v) is 51.3. The molecular formula is C55H102O8Si5. The number of hydrogen-bond acceptors (Lipinski definition) is 8. The molecule has 0 aromatic heterocycles. The monoisotopic (exact) mass is 1030 g/mol. The van der Waals surface area contributed by atoms with Gasteiger partial charge in [0.1, 0.15) is 34.9 Å². The van der Waals surface area contributed by atoms with E-state index in [-0.39, 0.29) is 31.2 Å². The van der Waals surface area contributed by atoms with Crippen LogP contribution >= 0.6 is 0 Å². The third-order valence-corrected chi connectivity index (χ3v) is 38.3. The molecule has 0 spiro atoms. The Morgan fingerprint density at radius 1 is 0.515 bits per heavy atom. The number of ether oxygens (including phenoxy) is 2. The Bertz CT molecular complexity index is 1960. The minimum absolute atomic E-state index is 0.0309. The molecule has 1 aliphatic rings. The Hall–Kier alpha value is -2.21. The van der Waals surface area contributed by atoms with E-state index < -0.39 is 53.8 Å². The van der Waals surface area contributed by atoms with Crippen molar-refractivity contribution < 1.29 is 36.4 Å². The summed E-state index contributed by atoms with van der Waals surface area (Å²) in [6.45, 7) is 58.9. The van der Waals surface area contributed by atoms with Crippen molar-refractivity contribution in [1.82, 2.24) is 0 Å². The summed E-state index contributed by atoms with van der Waals surface area (Å²) < 4.78 is 50.5. The normalized spacial score (nSPS) is 17.0. The highest BCUT2D eigenvalue weighted by atomic mass is 28.4. The molecule has 13 heteroatoms. The molecule has 0 aliphatic carbocycles. The predicted molar refractivity (Wildman–Crippen MR) is 302 cm³/mol. The van der Waals surface area contributed by atoms with Gasteiger partial charge in [0.25, 0.3) is 25.0 Å². The van der Waals surface area contributed by atoms with Crippen molar-refractivity contribution in [3.8, 4) is 34.5 Å². The van der Waals surface area contributed by atoms with Crippen LogP contribution in [0.15, 0.2) is 24.3 Å². The van der Waals surface area contributed by atoms with Crippen molar-refractivity contribution in [3.05, 3.63) is 35.4 Å². The Labute approximate surface area is 423 Å². The van der Waals surface area contributed by atoms with Crippen LogP contribution < -0.4 is 26.9 Å². The van der Waals surface area contributed by atoms with Crippen molar-refractivity contribution in [2.75, 3.05) is 0 Å². The summed E-state index contributed by atoms with van der Waals surface area (Å²) in [6, 6.07) is 8.34. The molecule has 3 rings (SSSR count). The second kappa shape index (κ2) is 21.5. The fraction of sp³-hybridized carbons (Fsp3) is 0.764. The van der Waals surface area contributed by atoms with Crippen molar-refractivity contribution in [2.24, 2.45) is 0 Å². The molecule has 0 saturated heterocycles. The van der Waals surface area contributed by atoms with Gasteiger partial charge in [0.2, 0.25) is 16.6 Å². The highest BCUT2D eigenvalue weighted by molar-refractivity contribution is 6.77. The molecule has 0 radical (unpaired) electrons. The fourth-order valence-corrected chi connectivity index (χ4v) is 11.7. The standard InChI is InChI=1S/C55H102O8Si5/c1-27-28-29-30-31-32-33-34-48(56)57-45-39-42-43(37-41(59-64(17,18)51(2,3)4)38-44(42)60-65(19,20)52(5,6)7)58-49(45)40-35-46(61-66(21,22)53(8,9)10)50(63-68(25,26)55(14,15)16)47(36-40)62-67(23,24)54(11,12)13/h35-38,45,49H,27-34,39H2,1-26H3/t45-,49-/m1/s1. The van der Waals surface area contributed by atoms with Crippen LogP contribution in [0.1, 0.15) is 179 Å². The maximum atomic E-state index is 14.1. The highest BCUT2D eigenvalue weighted by Crippen LogP contribution is 2.53. The lowest BCUT2D eigenvalue weighted by Crippen LogP contribution is -2.47. The lowest BCUT2D eigenvalue weighted by atomic mass is 9.93. The third kappa shape index (κ3) is 15.2. The molecule has 0 bridgehead atoms. The zero-order valence-corrected chi connectivity index (χ0v) is 53.6. The Morgan fingerprint density at radius 2 is 0.897 bits per heavy atom. The zero-order valence-electron chi connectivity index (χ0n) is 48.6. The fourth-order valence-electron chi connectivity index (χ4n) is 6.57. The quantitative estimate of drug-likeness (QED) is 0.0737. The molecule has 8 nitrogen and oxygen atoms in total. The summed E-state index contributed by atoms with van der Waals surface area (Å²) in [6.07, 6.45) is 7.24. The average molecular weight is 1030 g/mol. The third-order valence-electron chi connectivity index (χ3n) is 16.6. The average Bonchev–Trinajstić information content (AvgIpc) is 3.12. The van der Waals surface area contributed by atoms with Crippen molar-refractivity contribution in [3.63, 3.8) is 0 Å². The first kappa shape index (κ1) is 60.1. The minimum Gasteiger partial charge on any atom is -0.543 e. The molecule has 1 heterocycles. The molecule has 0 fully saturated rings. The maximum Gasteiger partial charge on any atom is 0.306 e. The number of carbonyl (C=O) groups is 1. The van der Waals surface area contributed by atoms with Gasteiger partial charge in [0, 0.05) is 36.1 Å². The summed E-state index contributed by atoms with van der Waals surface area (Å²) in [4.78, 5) is 14.1. The molecule has 0 N–H and O–H groups in total. The molecule has 0 unspecified atom stereocenters. The second-order valence-electron chi connectivity index (χ2n) is 27.7. The van der Waals surface area contributed by atoms with E-state index in [1.165, 1.54) is 25.7 Å². The van der Waals surface area contributed by atoms with Gasteiger partial charge in [0.05, 0.1) is 0 Å². The molecule has 0 saturated carbocycles. The first-order valence-electron chi connectivity index (χ1n) is 26.1. The first-order valence-corrected chi connectivity index (χ1v) is 40.7. The predicted octanol–water partition coefficient (Wildman–Crippen LogP) is 18.3. The van der Waals surface area contributed by atoms with Gasteiger partial charge in [-0.2, -0.15) is 0 Å². The van der Waals surface area contributed by atoms with Gasteiger partial charge in [-0.1, -0.05) is 149 Å². The van der Waals surface area contributed by atoms with Crippen LogP contribution in [0.5, 0.6) is 34.5 Å². The van der Waals surface area contributed by atoms with Gasteiger partial charge in [-0.05, 0) is 109 Å². The lowest BCUT2D eigenvalue weighted by molar-refractivity contribution is -0.155. The Kier molecular flexibility index (Phi) is 19.0. The Balaban J connectivity index is 2.47. The molecule has 0 amide bonds. The van der Waals surface area contributed by atoms with E-state index in [0.717, 1.165) is 41.9 Å². The molecular weight excluding hydrogens is 929 g/mol. The van der Waals surface area contributed by atoms with Gasteiger partial charge >= 0.3 is 5.97 Å². The summed E-state index contributed by atoms with van der Waals surface area (Å²) in [5.74, 6) is 3.93. The van der Waals surface area contributed by atoms with Crippen molar-refractivity contribution in [1.29, 1.82) is 0 Å². The minimum atomic E-state index is -2.47. The molecule has 390 valence electrons. The van der Waals surface area contributed by atoms with Crippen LogP contribution in [0.4, 0.5) is 0 Å². The summed E-state index contributed by atoms with van der Waals surface area (Å²) >= 11 is 0. The van der Waals surface area contributed by atoms with E-state index in [9.17, 15) is 4.79 Å². The van der Waals surface area contributed by atoms with Crippen LogP contribution in [0.3, 0.4) is 0 Å². The van der Waals surface area contributed by atoms with Gasteiger partial charge in [-0.3, -0.25) is 4.79 Å². The summed E-state index contributed by atoms with van der Waals surface area (Å²) in [5, 5.41) is -0.392. The van der Waals surface area contributed by atoms with E-state index in [1.54, 1.807) is 0 Å². The molecule has 2 aromatic rings. The summed E-state index contributed by atoms with van der Waals surface area (Å²) in [7, 11) is -12.0. The number of benzene rings is 2. The number of rotatable bonds is 20. The molecule has 1 aliphatic heterocycles. The van der Waals surface area contributed by atoms with Gasteiger partial charge < -0.3 is 31.6 Å². The van der Waals surface area contributed by atoms with E-state index in [2.05, 4.69) is 194 Å². The van der Waals surface area contributed by atoms with Crippen LogP contribution in [0.2, 0.25) is 90.7 Å². The van der Waals surface area contributed by atoms with Crippen LogP contribution in [-0.4, -0.2) is 53.7 Å². The summed E-state index contributed by atoms with van der Waals surface area (Å²) in [5.41, 5.74) is 1.72.